The van der Waals surface area contributed by atoms with Gasteiger partial charge < -0.3 is 4.90 Å². The molecule has 2 atom stereocenters. The van der Waals surface area contributed by atoms with Crippen molar-refractivity contribution in [2.45, 2.75) is 58.4 Å². The second kappa shape index (κ2) is 8.51. The van der Waals surface area contributed by atoms with E-state index < -0.39 is 0 Å². The van der Waals surface area contributed by atoms with E-state index in [9.17, 15) is 9.59 Å². The second-order valence-corrected chi connectivity index (χ2v) is 9.80. The van der Waals surface area contributed by atoms with Gasteiger partial charge in [0.25, 0.3) is 0 Å². The molecule has 170 valence electrons. The molecule has 1 aromatic heterocycles. The lowest BCUT2D eigenvalue weighted by molar-refractivity contribution is -0.134. The monoisotopic (exact) mass is 433 g/mol. The number of fused-ring (bicyclic) bond motifs is 2. The van der Waals surface area contributed by atoms with Crippen LogP contribution in [-0.2, 0) is 11.2 Å². The molecule has 1 saturated carbocycles. The molecule has 0 radical (unpaired) electrons. The van der Waals surface area contributed by atoms with Gasteiger partial charge in [0.15, 0.2) is 0 Å². The molecule has 2 aromatic rings. The fraction of sp³-hybridized carbons (Fsp3) is 0.556. The SMILES string of the molecule is CCN(CC)C(=O)[C@@H]1C=C2c3cccc4c3c(cn4C(=O)C3CCCCC3)C[C@H]2N(C)C1. The molecular weight excluding hydrogens is 398 g/mol. The molecule has 1 fully saturated rings. The Kier molecular flexibility index (Phi) is 5.70. The summed E-state index contributed by atoms with van der Waals surface area (Å²) in [7, 11) is 2.13. The van der Waals surface area contributed by atoms with Crippen molar-refractivity contribution in [3.05, 3.63) is 41.6 Å². The van der Waals surface area contributed by atoms with Crippen molar-refractivity contribution in [2.24, 2.45) is 11.8 Å². The smallest absolute Gasteiger partial charge is 0.234 e. The number of carbonyl (C=O) groups is 2. The van der Waals surface area contributed by atoms with E-state index in [1.165, 1.54) is 28.5 Å². The molecule has 0 unspecified atom stereocenters. The predicted octanol–water partition coefficient (Wildman–Crippen LogP) is 4.60. The molecule has 1 amide bonds. The highest BCUT2D eigenvalue weighted by Crippen LogP contribution is 2.42. The number of hydrogen-bond acceptors (Lipinski definition) is 3. The maximum Gasteiger partial charge on any atom is 0.234 e. The Labute approximate surface area is 191 Å². The lowest BCUT2D eigenvalue weighted by Gasteiger charge is -2.40. The van der Waals surface area contributed by atoms with Crippen LogP contribution in [-0.4, -0.2) is 58.9 Å². The second-order valence-electron chi connectivity index (χ2n) is 9.80. The van der Waals surface area contributed by atoms with Crippen LogP contribution in [0.2, 0.25) is 0 Å². The number of likely N-dealkylation sites (N-methyl/N-ethyl adjacent to an activating group) is 1. The van der Waals surface area contributed by atoms with Crippen LogP contribution >= 0.6 is 0 Å². The summed E-state index contributed by atoms with van der Waals surface area (Å²) in [6.07, 6.45) is 10.8. The molecule has 5 rings (SSSR count). The number of rotatable bonds is 4. The van der Waals surface area contributed by atoms with Gasteiger partial charge in [-0.15, -0.1) is 0 Å². The third-order valence-corrected chi connectivity index (χ3v) is 7.97. The Balaban J connectivity index is 1.57. The zero-order valence-corrected chi connectivity index (χ0v) is 19.6. The van der Waals surface area contributed by atoms with E-state index in [0.717, 1.165) is 57.3 Å². The highest BCUT2D eigenvalue weighted by molar-refractivity contribution is 6.03. The maximum atomic E-state index is 13.4. The Bertz CT molecular complexity index is 1070. The third-order valence-electron chi connectivity index (χ3n) is 7.97. The highest BCUT2D eigenvalue weighted by Gasteiger charge is 2.37. The molecular formula is C27H35N3O2. The summed E-state index contributed by atoms with van der Waals surface area (Å²) in [6, 6.07) is 6.60. The topological polar surface area (TPSA) is 45.6 Å². The zero-order valence-electron chi connectivity index (χ0n) is 19.6. The highest BCUT2D eigenvalue weighted by atomic mass is 16.2. The minimum atomic E-state index is -0.117. The van der Waals surface area contributed by atoms with Crippen LogP contribution in [0.4, 0.5) is 0 Å². The first-order chi connectivity index (χ1) is 15.5. The van der Waals surface area contributed by atoms with Gasteiger partial charge in [-0.1, -0.05) is 37.5 Å². The van der Waals surface area contributed by atoms with Gasteiger partial charge in [-0.25, -0.2) is 0 Å². The molecule has 1 aromatic carbocycles. The van der Waals surface area contributed by atoms with Crippen molar-refractivity contribution >= 4 is 28.3 Å². The standard InChI is InChI=1S/C27H35N3O2/c1-4-29(5-2)26(31)20-14-22-21-12-9-13-23-25(21)19(15-24(22)28(3)16-20)17-30(23)27(32)18-10-7-6-8-11-18/h9,12-14,17-18,20,24H,4-8,10-11,15-16H2,1-3H3/t20-,24-/m1/s1. The van der Waals surface area contributed by atoms with Gasteiger partial charge in [-0.3, -0.25) is 19.1 Å². The first-order valence-electron chi connectivity index (χ1n) is 12.4. The van der Waals surface area contributed by atoms with Crippen LogP contribution in [0.3, 0.4) is 0 Å². The Hall–Kier alpha value is -2.40. The van der Waals surface area contributed by atoms with E-state index in [1.54, 1.807) is 0 Å². The molecule has 3 aliphatic rings. The van der Waals surface area contributed by atoms with Gasteiger partial charge in [0.05, 0.1) is 11.4 Å². The van der Waals surface area contributed by atoms with Gasteiger partial charge in [-0.05, 0) is 62.9 Å². The van der Waals surface area contributed by atoms with E-state index in [4.69, 9.17) is 0 Å². The van der Waals surface area contributed by atoms with E-state index in [-0.39, 0.29) is 29.7 Å². The maximum absolute atomic E-state index is 13.4. The van der Waals surface area contributed by atoms with E-state index in [1.807, 2.05) is 23.3 Å². The van der Waals surface area contributed by atoms with Gasteiger partial charge in [0.1, 0.15) is 0 Å². The number of aromatic nitrogens is 1. The summed E-state index contributed by atoms with van der Waals surface area (Å²) in [5.41, 5.74) is 4.76. The molecule has 5 nitrogen and oxygen atoms in total. The number of nitrogens with zero attached hydrogens (tertiary/aromatic N) is 3. The van der Waals surface area contributed by atoms with Crippen molar-refractivity contribution in [3.63, 3.8) is 0 Å². The number of benzene rings is 1. The van der Waals surface area contributed by atoms with E-state index >= 15 is 0 Å². The van der Waals surface area contributed by atoms with Crippen LogP contribution in [0.1, 0.15) is 61.9 Å². The summed E-state index contributed by atoms with van der Waals surface area (Å²) < 4.78 is 1.95. The molecule has 0 N–H and O–H groups in total. The predicted molar refractivity (Wildman–Crippen MR) is 129 cm³/mol. The summed E-state index contributed by atoms with van der Waals surface area (Å²) in [5, 5.41) is 1.21. The Morgan fingerprint density at radius 2 is 1.84 bits per heavy atom. The van der Waals surface area contributed by atoms with Gasteiger partial charge in [0.2, 0.25) is 11.8 Å². The molecule has 0 spiro atoms. The summed E-state index contributed by atoms with van der Waals surface area (Å²) >= 11 is 0. The van der Waals surface area contributed by atoms with Gasteiger partial charge >= 0.3 is 0 Å². The first kappa shape index (κ1) is 21.4. The molecule has 32 heavy (non-hydrogen) atoms. The van der Waals surface area contributed by atoms with Crippen LogP contribution in [0, 0.1) is 11.8 Å². The summed E-state index contributed by atoms with van der Waals surface area (Å²) in [5.74, 6) is 0.515. The average Bonchev–Trinajstić information content (AvgIpc) is 3.20. The van der Waals surface area contributed by atoms with Crippen molar-refractivity contribution < 1.29 is 9.59 Å². The average molecular weight is 434 g/mol. The molecule has 2 heterocycles. The fourth-order valence-electron chi connectivity index (χ4n) is 6.21. The van der Waals surface area contributed by atoms with E-state index in [2.05, 4.69) is 42.4 Å². The molecule has 5 heteroatoms. The Morgan fingerprint density at radius 1 is 1.09 bits per heavy atom. The molecule has 0 bridgehead atoms. The van der Waals surface area contributed by atoms with Crippen molar-refractivity contribution in [1.82, 2.24) is 14.4 Å². The minimum absolute atomic E-state index is 0.117. The van der Waals surface area contributed by atoms with Crippen molar-refractivity contribution in [1.29, 1.82) is 0 Å². The van der Waals surface area contributed by atoms with Crippen molar-refractivity contribution in [3.8, 4) is 0 Å². The summed E-state index contributed by atoms with van der Waals surface area (Å²) in [4.78, 5) is 30.8. The van der Waals surface area contributed by atoms with E-state index in [0.29, 0.717) is 0 Å². The first-order valence-corrected chi connectivity index (χ1v) is 12.4. The van der Waals surface area contributed by atoms with Crippen LogP contribution < -0.4 is 0 Å². The Morgan fingerprint density at radius 3 is 2.56 bits per heavy atom. The van der Waals surface area contributed by atoms with Crippen molar-refractivity contribution in [2.75, 3.05) is 26.7 Å². The quantitative estimate of drug-likeness (QED) is 0.708. The van der Waals surface area contributed by atoms with Gasteiger partial charge in [0, 0.05) is 43.2 Å². The normalized spacial score (nSPS) is 23.7. The number of carbonyl (C=O) groups excluding carboxylic acids is 2. The van der Waals surface area contributed by atoms with Crippen LogP contribution in [0.25, 0.3) is 16.5 Å². The number of hydrogen-bond donors (Lipinski definition) is 0. The molecule has 1 aliphatic heterocycles. The largest absolute Gasteiger partial charge is 0.343 e. The third kappa shape index (κ3) is 3.42. The molecule has 2 aliphatic carbocycles. The van der Waals surface area contributed by atoms with Crippen LogP contribution in [0.5, 0.6) is 0 Å². The zero-order chi connectivity index (χ0) is 22.4. The fourth-order valence-corrected chi connectivity index (χ4v) is 6.21. The molecule has 0 saturated heterocycles. The van der Waals surface area contributed by atoms with Crippen LogP contribution in [0.15, 0.2) is 30.5 Å². The summed E-state index contributed by atoms with van der Waals surface area (Å²) in [6.45, 7) is 6.33. The number of amides is 1. The van der Waals surface area contributed by atoms with Gasteiger partial charge in [-0.2, -0.15) is 0 Å². The minimum Gasteiger partial charge on any atom is -0.343 e. The lowest BCUT2D eigenvalue weighted by atomic mass is 9.79. The lowest BCUT2D eigenvalue weighted by Crippen LogP contribution is -2.47.